The maximum atomic E-state index is 13.9. The second-order valence-electron chi connectivity index (χ2n) is 3.90. The fourth-order valence-electron chi connectivity index (χ4n) is 1.53. The number of methoxy groups -OCH3 is 1. The van der Waals surface area contributed by atoms with E-state index >= 15 is 0 Å². The van der Waals surface area contributed by atoms with E-state index in [4.69, 9.17) is 11.5 Å². The average molecular weight is 248 g/mol. The minimum atomic E-state index is -3.43. The SMILES string of the molecule is COCC(F)(F)c1cc(N)cc([C@@H](C)N)c1F. The summed E-state index contributed by atoms with van der Waals surface area (Å²) in [5.41, 5.74) is 10.2. The van der Waals surface area contributed by atoms with Gasteiger partial charge < -0.3 is 16.2 Å². The summed E-state index contributed by atoms with van der Waals surface area (Å²) in [6.07, 6.45) is 0. The number of benzene rings is 1. The molecule has 0 spiro atoms. The predicted molar refractivity (Wildman–Crippen MR) is 59.2 cm³/mol. The first kappa shape index (κ1) is 13.8. The second kappa shape index (κ2) is 4.93. The van der Waals surface area contributed by atoms with E-state index in [0.717, 1.165) is 13.2 Å². The van der Waals surface area contributed by atoms with E-state index in [9.17, 15) is 13.2 Å². The van der Waals surface area contributed by atoms with Gasteiger partial charge in [-0.05, 0) is 19.1 Å². The maximum absolute atomic E-state index is 13.9. The maximum Gasteiger partial charge on any atom is 0.298 e. The molecule has 1 atom stereocenters. The summed E-state index contributed by atoms with van der Waals surface area (Å²) in [7, 11) is 1.12. The van der Waals surface area contributed by atoms with Crippen LogP contribution >= 0.6 is 0 Å². The Bertz CT molecular complexity index is 408. The molecule has 0 aliphatic heterocycles. The Hall–Kier alpha value is -1.27. The Morgan fingerprint density at radius 2 is 2.00 bits per heavy atom. The lowest BCUT2D eigenvalue weighted by atomic mass is 9.99. The lowest BCUT2D eigenvalue weighted by molar-refractivity contribution is -0.0722. The van der Waals surface area contributed by atoms with Gasteiger partial charge in [0.05, 0.1) is 5.56 Å². The molecular weight excluding hydrogens is 233 g/mol. The van der Waals surface area contributed by atoms with Crippen molar-refractivity contribution in [3.8, 4) is 0 Å². The van der Waals surface area contributed by atoms with Crippen molar-refractivity contribution in [2.24, 2.45) is 5.73 Å². The molecule has 1 aromatic carbocycles. The zero-order valence-corrected chi connectivity index (χ0v) is 9.64. The van der Waals surface area contributed by atoms with Crippen LogP contribution in [0.1, 0.15) is 24.1 Å². The minimum Gasteiger partial charge on any atom is -0.399 e. The molecule has 0 saturated carbocycles. The van der Waals surface area contributed by atoms with E-state index in [2.05, 4.69) is 4.74 Å². The summed E-state index contributed by atoms with van der Waals surface area (Å²) in [6.45, 7) is 0.585. The number of anilines is 1. The lowest BCUT2D eigenvalue weighted by Gasteiger charge is -2.19. The Balaban J connectivity index is 3.34. The van der Waals surface area contributed by atoms with E-state index in [1.54, 1.807) is 0 Å². The number of ether oxygens (including phenoxy) is 1. The van der Waals surface area contributed by atoms with Crippen LogP contribution in [0, 0.1) is 5.82 Å². The number of hydrogen-bond donors (Lipinski definition) is 2. The first-order valence-electron chi connectivity index (χ1n) is 5.01. The molecule has 0 fully saturated rings. The molecule has 96 valence electrons. The highest BCUT2D eigenvalue weighted by molar-refractivity contribution is 5.48. The molecule has 0 radical (unpaired) electrons. The Morgan fingerprint density at radius 3 is 2.47 bits per heavy atom. The molecule has 0 aliphatic rings. The van der Waals surface area contributed by atoms with Gasteiger partial charge in [0.1, 0.15) is 12.4 Å². The second-order valence-corrected chi connectivity index (χ2v) is 3.90. The summed E-state index contributed by atoms with van der Waals surface area (Å²) in [6, 6.07) is 1.45. The molecule has 0 unspecified atom stereocenters. The van der Waals surface area contributed by atoms with Crippen molar-refractivity contribution in [2.75, 3.05) is 19.5 Å². The highest BCUT2D eigenvalue weighted by atomic mass is 19.3. The summed E-state index contributed by atoms with van der Waals surface area (Å²) < 4.78 is 45.4. The molecule has 17 heavy (non-hydrogen) atoms. The zero-order chi connectivity index (χ0) is 13.2. The van der Waals surface area contributed by atoms with Crippen LogP contribution in [-0.2, 0) is 10.7 Å². The molecule has 1 aromatic rings. The number of rotatable bonds is 4. The molecule has 0 aliphatic carbocycles. The third-order valence-electron chi connectivity index (χ3n) is 2.33. The van der Waals surface area contributed by atoms with E-state index < -0.39 is 30.0 Å². The predicted octanol–water partition coefficient (Wildman–Crippen LogP) is 2.17. The van der Waals surface area contributed by atoms with Crippen LogP contribution in [-0.4, -0.2) is 13.7 Å². The molecule has 0 heterocycles. The van der Waals surface area contributed by atoms with Gasteiger partial charge in [0.15, 0.2) is 0 Å². The molecule has 0 aromatic heterocycles. The van der Waals surface area contributed by atoms with Crippen molar-refractivity contribution in [2.45, 2.75) is 18.9 Å². The number of alkyl halides is 2. The summed E-state index contributed by atoms with van der Waals surface area (Å²) >= 11 is 0. The van der Waals surface area contributed by atoms with Gasteiger partial charge in [0.25, 0.3) is 5.92 Å². The van der Waals surface area contributed by atoms with Gasteiger partial charge in [-0.25, -0.2) is 4.39 Å². The van der Waals surface area contributed by atoms with Gasteiger partial charge in [0.2, 0.25) is 0 Å². The molecule has 1 rings (SSSR count). The normalized spacial score (nSPS) is 13.8. The molecule has 6 heteroatoms. The zero-order valence-electron chi connectivity index (χ0n) is 9.64. The van der Waals surface area contributed by atoms with Crippen LogP contribution in [0.2, 0.25) is 0 Å². The monoisotopic (exact) mass is 248 g/mol. The van der Waals surface area contributed by atoms with Crippen LogP contribution in [0.3, 0.4) is 0 Å². The third-order valence-corrected chi connectivity index (χ3v) is 2.33. The van der Waals surface area contributed by atoms with Crippen molar-refractivity contribution in [3.05, 3.63) is 29.1 Å². The smallest absolute Gasteiger partial charge is 0.298 e. The number of nitrogens with two attached hydrogens (primary N) is 2. The summed E-state index contributed by atoms with van der Waals surface area (Å²) in [4.78, 5) is 0. The molecule has 0 saturated heterocycles. The number of hydrogen-bond acceptors (Lipinski definition) is 3. The highest BCUT2D eigenvalue weighted by Gasteiger charge is 2.36. The van der Waals surface area contributed by atoms with Crippen molar-refractivity contribution >= 4 is 5.69 Å². The van der Waals surface area contributed by atoms with Crippen molar-refractivity contribution in [1.82, 2.24) is 0 Å². The summed E-state index contributed by atoms with van der Waals surface area (Å²) in [5.74, 6) is -4.46. The van der Waals surface area contributed by atoms with E-state index in [1.165, 1.54) is 13.0 Å². The lowest BCUT2D eigenvalue weighted by Crippen LogP contribution is -2.23. The molecular formula is C11H15F3N2O. The van der Waals surface area contributed by atoms with Crippen LogP contribution in [0.4, 0.5) is 18.9 Å². The Labute approximate surface area is 97.5 Å². The van der Waals surface area contributed by atoms with Gasteiger partial charge in [-0.1, -0.05) is 0 Å². The Kier molecular flexibility index (Phi) is 4.00. The molecule has 4 N–H and O–H groups in total. The average Bonchev–Trinajstić information content (AvgIpc) is 2.20. The van der Waals surface area contributed by atoms with Crippen LogP contribution < -0.4 is 11.5 Å². The van der Waals surface area contributed by atoms with Crippen molar-refractivity contribution in [1.29, 1.82) is 0 Å². The number of halogens is 3. The quantitative estimate of drug-likeness (QED) is 0.803. The summed E-state index contributed by atoms with van der Waals surface area (Å²) in [5, 5.41) is 0. The third kappa shape index (κ3) is 2.89. The van der Waals surface area contributed by atoms with E-state index in [1.807, 2.05) is 0 Å². The van der Waals surface area contributed by atoms with Gasteiger partial charge >= 0.3 is 0 Å². The van der Waals surface area contributed by atoms with Gasteiger partial charge in [-0.2, -0.15) is 8.78 Å². The topological polar surface area (TPSA) is 61.3 Å². The van der Waals surface area contributed by atoms with E-state index in [-0.39, 0.29) is 11.3 Å². The highest BCUT2D eigenvalue weighted by Crippen LogP contribution is 2.34. The first-order chi connectivity index (χ1) is 7.79. The molecule has 0 bridgehead atoms. The van der Waals surface area contributed by atoms with Crippen LogP contribution in [0.5, 0.6) is 0 Å². The Morgan fingerprint density at radius 1 is 1.41 bits per heavy atom. The van der Waals surface area contributed by atoms with Gasteiger partial charge in [0, 0.05) is 24.4 Å². The standard InChI is InChI=1S/C11H15F3N2O/c1-6(15)8-3-7(16)4-9(10(8)12)11(13,14)5-17-2/h3-4,6H,5,15-16H2,1-2H3/t6-/m1/s1. The molecule has 3 nitrogen and oxygen atoms in total. The van der Waals surface area contributed by atoms with Gasteiger partial charge in [-0.15, -0.1) is 0 Å². The fourth-order valence-corrected chi connectivity index (χ4v) is 1.53. The fraction of sp³-hybridized carbons (Fsp3) is 0.455. The number of nitrogen functional groups attached to an aromatic ring is 1. The van der Waals surface area contributed by atoms with Crippen molar-refractivity contribution in [3.63, 3.8) is 0 Å². The van der Waals surface area contributed by atoms with Crippen molar-refractivity contribution < 1.29 is 17.9 Å². The largest absolute Gasteiger partial charge is 0.399 e. The first-order valence-corrected chi connectivity index (χ1v) is 5.01. The van der Waals surface area contributed by atoms with Crippen LogP contribution in [0.15, 0.2) is 12.1 Å². The van der Waals surface area contributed by atoms with Gasteiger partial charge in [-0.3, -0.25) is 0 Å². The van der Waals surface area contributed by atoms with E-state index in [0.29, 0.717) is 0 Å². The minimum absolute atomic E-state index is 0.0317. The van der Waals surface area contributed by atoms with Crippen LogP contribution in [0.25, 0.3) is 0 Å². The molecule has 0 amide bonds.